The molecular formula is C8H13IO4. The third-order valence-corrected chi connectivity index (χ3v) is 3.41. The summed E-state index contributed by atoms with van der Waals surface area (Å²) in [5.74, 6) is -1.77. The predicted molar refractivity (Wildman–Crippen MR) is 53.6 cm³/mol. The van der Waals surface area contributed by atoms with Crippen LogP contribution in [-0.4, -0.2) is 39.9 Å². The molecule has 1 unspecified atom stereocenters. The Bertz CT molecular complexity index is 220. The van der Waals surface area contributed by atoms with Gasteiger partial charge in [-0.2, -0.15) is 0 Å². The summed E-state index contributed by atoms with van der Waals surface area (Å²) in [6.07, 6.45) is -0.478. The largest absolute Gasteiger partial charge is 0.363 e. The standard InChI is InChI=1S/C8H13IO4/c1-7(2)12-5-3-11-8(10,4-9)6(5)13-7/h5-6,10H,3-4H2,1-2H3/t5-,6-,8?/m1/s1. The highest BCUT2D eigenvalue weighted by molar-refractivity contribution is 14.1. The van der Waals surface area contributed by atoms with E-state index in [-0.39, 0.29) is 12.2 Å². The van der Waals surface area contributed by atoms with E-state index in [4.69, 9.17) is 14.2 Å². The molecule has 0 bridgehead atoms. The van der Waals surface area contributed by atoms with Gasteiger partial charge in [-0.25, -0.2) is 0 Å². The molecule has 3 atom stereocenters. The van der Waals surface area contributed by atoms with E-state index in [1.54, 1.807) is 0 Å². The highest BCUT2D eigenvalue weighted by atomic mass is 127. The smallest absolute Gasteiger partial charge is 0.204 e. The lowest BCUT2D eigenvalue weighted by molar-refractivity contribution is -0.247. The lowest BCUT2D eigenvalue weighted by Gasteiger charge is -2.27. The summed E-state index contributed by atoms with van der Waals surface area (Å²) in [4.78, 5) is 0. The van der Waals surface area contributed by atoms with Crippen LogP contribution in [0.4, 0.5) is 0 Å². The maximum Gasteiger partial charge on any atom is 0.204 e. The molecule has 2 aliphatic heterocycles. The van der Waals surface area contributed by atoms with Crippen molar-refractivity contribution < 1.29 is 19.3 Å². The molecule has 0 aromatic carbocycles. The Morgan fingerprint density at radius 1 is 1.46 bits per heavy atom. The van der Waals surface area contributed by atoms with Gasteiger partial charge in [-0.05, 0) is 13.8 Å². The predicted octanol–water partition coefficient (Wildman–Crippen LogP) is 0.660. The normalized spacial score (nSPS) is 48.0. The zero-order valence-electron chi connectivity index (χ0n) is 7.62. The van der Waals surface area contributed by atoms with Gasteiger partial charge in [0.15, 0.2) is 5.79 Å². The maximum atomic E-state index is 9.97. The zero-order chi connectivity index (χ0) is 9.69. The fraction of sp³-hybridized carbons (Fsp3) is 1.00. The molecule has 0 aromatic rings. The average molecular weight is 300 g/mol. The number of ether oxygens (including phenoxy) is 3. The Morgan fingerprint density at radius 3 is 2.77 bits per heavy atom. The molecule has 2 aliphatic rings. The van der Waals surface area contributed by atoms with E-state index >= 15 is 0 Å². The zero-order valence-corrected chi connectivity index (χ0v) is 9.78. The van der Waals surface area contributed by atoms with E-state index in [9.17, 15) is 5.11 Å². The summed E-state index contributed by atoms with van der Waals surface area (Å²) in [5.41, 5.74) is 0. The Labute approximate surface area is 90.7 Å². The topological polar surface area (TPSA) is 47.9 Å². The number of halogens is 1. The van der Waals surface area contributed by atoms with Gasteiger partial charge < -0.3 is 19.3 Å². The number of alkyl halides is 1. The Hall–Kier alpha value is 0.570. The molecule has 0 amide bonds. The van der Waals surface area contributed by atoms with Crippen LogP contribution in [0.2, 0.25) is 0 Å². The Kier molecular flexibility index (Phi) is 2.35. The third-order valence-electron chi connectivity index (χ3n) is 2.32. The van der Waals surface area contributed by atoms with E-state index in [1.165, 1.54) is 0 Å². The molecule has 4 nitrogen and oxygen atoms in total. The summed E-state index contributed by atoms with van der Waals surface area (Å²) in [6, 6.07) is 0. The van der Waals surface area contributed by atoms with Crippen LogP contribution in [0.15, 0.2) is 0 Å². The fourth-order valence-corrected chi connectivity index (χ4v) is 2.42. The van der Waals surface area contributed by atoms with Gasteiger partial charge >= 0.3 is 0 Å². The van der Waals surface area contributed by atoms with Crippen LogP contribution >= 0.6 is 22.6 Å². The Morgan fingerprint density at radius 2 is 2.15 bits per heavy atom. The number of hydrogen-bond acceptors (Lipinski definition) is 4. The van der Waals surface area contributed by atoms with Gasteiger partial charge in [-0.15, -0.1) is 0 Å². The van der Waals surface area contributed by atoms with Crippen molar-refractivity contribution in [1.82, 2.24) is 0 Å². The SMILES string of the molecule is CC1(C)O[C@@H]2[C@@H](COC2(O)CI)O1. The van der Waals surface area contributed by atoms with E-state index in [0.29, 0.717) is 11.0 Å². The minimum Gasteiger partial charge on any atom is -0.363 e. The first kappa shape index (κ1) is 10.1. The van der Waals surface area contributed by atoms with Crippen LogP contribution in [0.25, 0.3) is 0 Å². The van der Waals surface area contributed by atoms with Crippen molar-refractivity contribution >= 4 is 22.6 Å². The van der Waals surface area contributed by atoms with E-state index in [2.05, 4.69) is 22.6 Å². The first-order valence-electron chi connectivity index (χ1n) is 4.25. The fourth-order valence-electron chi connectivity index (χ4n) is 1.76. The van der Waals surface area contributed by atoms with Gasteiger partial charge in [0.2, 0.25) is 5.79 Å². The molecular weight excluding hydrogens is 287 g/mol. The van der Waals surface area contributed by atoms with Gasteiger partial charge in [-0.3, -0.25) is 0 Å². The van der Waals surface area contributed by atoms with Crippen molar-refractivity contribution in [1.29, 1.82) is 0 Å². The quantitative estimate of drug-likeness (QED) is 0.571. The molecule has 0 saturated carbocycles. The van der Waals surface area contributed by atoms with Crippen molar-refractivity contribution in [3.8, 4) is 0 Å². The van der Waals surface area contributed by atoms with Gasteiger partial charge in [-0.1, -0.05) is 22.6 Å². The van der Waals surface area contributed by atoms with Gasteiger partial charge in [0.25, 0.3) is 0 Å². The highest BCUT2D eigenvalue weighted by Gasteiger charge is 2.57. The van der Waals surface area contributed by atoms with Crippen molar-refractivity contribution in [3.63, 3.8) is 0 Å². The molecule has 76 valence electrons. The van der Waals surface area contributed by atoms with E-state index in [0.717, 1.165) is 0 Å². The van der Waals surface area contributed by atoms with Gasteiger partial charge in [0, 0.05) is 0 Å². The molecule has 5 heteroatoms. The van der Waals surface area contributed by atoms with Crippen molar-refractivity contribution in [2.75, 3.05) is 11.0 Å². The summed E-state index contributed by atoms with van der Waals surface area (Å²) >= 11 is 2.08. The number of fused-ring (bicyclic) bond motifs is 1. The van der Waals surface area contributed by atoms with Crippen LogP contribution in [0.5, 0.6) is 0 Å². The molecule has 2 rings (SSSR count). The number of rotatable bonds is 1. The second-order valence-corrected chi connectivity index (χ2v) is 4.65. The van der Waals surface area contributed by atoms with Crippen LogP contribution in [0.1, 0.15) is 13.8 Å². The Balaban J connectivity index is 2.16. The van der Waals surface area contributed by atoms with Crippen LogP contribution < -0.4 is 0 Å². The average Bonchev–Trinajstić information content (AvgIpc) is 2.49. The van der Waals surface area contributed by atoms with E-state index < -0.39 is 11.6 Å². The van der Waals surface area contributed by atoms with Crippen LogP contribution in [-0.2, 0) is 14.2 Å². The molecule has 2 heterocycles. The minimum absolute atomic E-state index is 0.130. The second-order valence-electron chi connectivity index (χ2n) is 3.88. The lowest BCUT2D eigenvalue weighted by Crippen LogP contribution is -2.44. The van der Waals surface area contributed by atoms with Crippen LogP contribution in [0.3, 0.4) is 0 Å². The van der Waals surface area contributed by atoms with Gasteiger partial charge in [0.05, 0.1) is 11.0 Å². The van der Waals surface area contributed by atoms with Crippen molar-refractivity contribution in [3.05, 3.63) is 0 Å². The summed E-state index contributed by atoms with van der Waals surface area (Å²) < 4.78 is 16.9. The molecule has 0 aromatic heterocycles. The molecule has 1 N–H and O–H groups in total. The van der Waals surface area contributed by atoms with Crippen LogP contribution in [0, 0.1) is 0 Å². The minimum atomic E-state index is -1.17. The monoisotopic (exact) mass is 300 g/mol. The lowest BCUT2D eigenvalue weighted by atomic mass is 10.1. The number of hydrogen-bond donors (Lipinski definition) is 1. The van der Waals surface area contributed by atoms with Crippen molar-refractivity contribution in [2.45, 2.75) is 37.6 Å². The van der Waals surface area contributed by atoms with Crippen molar-refractivity contribution in [2.24, 2.45) is 0 Å². The molecule has 2 saturated heterocycles. The molecule has 0 radical (unpaired) electrons. The summed E-state index contributed by atoms with van der Waals surface area (Å²) in [5, 5.41) is 9.97. The molecule has 2 fully saturated rings. The van der Waals surface area contributed by atoms with Gasteiger partial charge in [0.1, 0.15) is 12.2 Å². The number of aliphatic hydroxyl groups is 1. The second kappa shape index (κ2) is 3.03. The summed E-state index contributed by atoms with van der Waals surface area (Å²) in [7, 11) is 0. The molecule has 13 heavy (non-hydrogen) atoms. The van der Waals surface area contributed by atoms with E-state index in [1.807, 2.05) is 13.8 Å². The first-order valence-corrected chi connectivity index (χ1v) is 5.77. The highest BCUT2D eigenvalue weighted by Crippen LogP contribution is 2.40. The maximum absolute atomic E-state index is 9.97. The summed E-state index contributed by atoms with van der Waals surface area (Å²) in [6.45, 7) is 4.10. The first-order chi connectivity index (χ1) is 5.97. The molecule has 0 aliphatic carbocycles. The third kappa shape index (κ3) is 1.61. The molecule has 0 spiro atoms.